The average Bonchev–Trinajstić information content (AvgIpc) is 3.40. The van der Waals surface area contributed by atoms with Crippen LogP contribution in [0.4, 0.5) is 5.69 Å². The predicted octanol–water partition coefficient (Wildman–Crippen LogP) is 4.38. The number of benzene rings is 3. The topological polar surface area (TPSA) is 88.2 Å². The summed E-state index contributed by atoms with van der Waals surface area (Å²) >= 11 is 9.74. The van der Waals surface area contributed by atoms with Gasteiger partial charge < -0.3 is 9.47 Å². The van der Waals surface area contributed by atoms with Crippen molar-refractivity contribution in [2.24, 2.45) is 5.92 Å². The Labute approximate surface area is 220 Å². The van der Waals surface area contributed by atoms with E-state index in [1.165, 1.54) is 19.2 Å². The number of methoxy groups -OCH3 is 2. The first-order valence-corrected chi connectivity index (χ1v) is 12.2. The second kappa shape index (κ2) is 9.57. The van der Waals surface area contributed by atoms with Gasteiger partial charge in [0.2, 0.25) is 5.91 Å². The second-order valence-corrected chi connectivity index (χ2v) is 9.66. The summed E-state index contributed by atoms with van der Waals surface area (Å²) in [5.41, 5.74) is 4.34. The van der Waals surface area contributed by atoms with Crippen molar-refractivity contribution in [3.63, 3.8) is 0 Å². The zero-order valence-corrected chi connectivity index (χ0v) is 21.6. The van der Waals surface area contributed by atoms with E-state index in [0.29, 0.717) is 27.1 Å². The zero-order chi connectivity index (χ0) is 25.6. The fourth-order valence-electron chi connectivity index (χ4n) is 4.75. The van der Waals surface area contributed by atoms with Crippen molar-refractivity contribution in [1.82, 2.24) is 10.4 Å². The van der Waals surface area contributed by atoms with E-state index < -0.39 is 35.7 Å². The largest absolute Gasteiger partial charge is 0.497 e. The summed E-state index contributed by atoms with van der Waals surface area (Å²) in [5.74, 6) is -1.35. The molecule has 5 rings (SSSR count). The normalized spacial score (nSPS) is 21.1. The van der Waals surface area contributed by atoms with Crippen LogP contribution >= 0.6 is 27.5 Å². The lowest BCUT2D eigenvalue weighted by atomic mass is 9.90. The maximum absolute atomic E-state index is 13.8. The van der Waals surface area contributed by atoms with Gasteiger partial charge in [0.1, 0.15) is 17.5 Å². The van der Waals surface area contributed by atoms with E-state index in [4.69, 9.17) is 21.1 Å². The Bertz CT molecular complexity index is 1380. The third-order valence-corrected chi connectivity index (χ3v) is 7.20. The highest BCUT2D eigenvalue weighted by atomic mass is 79.9. The summed E-state index contributed by atoms with van der Waals surface area (Å²) in [6.07, 6.45) is 0. The Balaban J connectivity index is 1.64. The highest BCUT2D eigenvalue weighted by Gasteiger charge is 2.61. The van der Waals surface area contributed by atoms with Crippen LogP contribution in [-0.4, -0.2) is 43.0 Å². The van der Waals surface area contributed by atoms with Gasteiger partial charge >= 0.3 is 0 Å². The Morgan fingerprint density at radius 2 is 1.75 bits per heavy atom. The lowest BCUT2D eigenvalue weighted by Crippen LogP contribution is -2.48. The smallest absolute Gasteiger partial charge is 0.268 e. The molecule has 3 amide bonds. The predicted molar refractivity (Wildman–Crippen MR) is 137 cm³/mol. The van der Waals surface area contributed by atoms with E-state index >= 15 is 0 Å². The molecule has 0 aliphatic carbocycles. The summed E-state index contributed by atoms with van der Waals surface area (Å²) in [5, 5.41) is 1.50. The summed E-state index contributed by atoms with van der Waals surface area (Å²) in [6, 6.07) is 16.8. The van der Waals surface area contributed by atoms with Crippen molar-refractivity contribution < 1.29 is 23.9 Å². The highest BCUT2D eigenvalue weighted by Crippen LogP contribution is 2.46. The van der Waals surface area contributed by atoms with Gasteiger partial charge in [0.15, 0.2) is 0 Å². The number of anilines is 1. The van der Waals surface area contributed by atoms with E-state index in [-0.39, 0.29) is 10.7 Å². The van der Waals surface area contributed by atoms with E-state index in [9.17, 15) is 14.4 Å². The number of carbonyl (C=O) groups excluding carboxylic acids is 3. The number of amides is 3. The number of hydrogen-bond donors (Lipinski definition) is 1. The molecule has 2 saturated heterocycles. The molecule has 0 bridgehead atoms. The molecule has 0 spiro atoms. The third kappa shape index (κ3) is 3.93. The Morgan fingerprint density at radius 1 is 0.972 bits per heavy atom. The SMILES string of the molecule is COc1ccc(OC)c([C@@H]2NN(C(=O)c3cccc(Br)c3)[C@H]3C(=O)N(c4ccccc4Cl)C(=O)[C@H]23)c1. The highest BCUT2D eigenvalue weighted by molar-refractivity contribution is 9.10. The first-order valence-electron chi connectivity index (χ1n) is 11.0. The van der Waals surface area contributed by atoms with Crippen molar-refractivity contribution in [3.05, 3.63) is 87.4 Å². The first-order chi connectivity index (χ1) is 17.3. The molecule has 0 saturated carbocycles. The number of nitrogens with one attached hydrogen (secondary N) is 1. The molecular weight excluding hydrogens is 550 g/mol. The molecule has 2 aliphatic heterocycles. The number of halogens is 2. The maximum atomic E-state index is 13.8. The van der Waals surface area contributed by atoms with Gasteiger partial charge in [-0.05, 0) is 48.5 Å². The number of hydrazine groups is 1. The number of hydrogen-bond acceptors (Lipinski definition) is 6. The van der Waals surface area contributed by atoms with Gasteiger partial charge in [-0.15, -0.1) is 0 Å². The molecule has 184 valence electrons. The van der Waals surface area contributed by atoms with Gasteiger partial charge in [0, 0.05) is 15.6 Å². The fourth-order valence-corrected chi connectivity index (χ4v) is 5.37. The van der Waals surface area contributed by atoms with Gasteiger partial charge in [-0.25, -0.2) is 10.3 Å². The zero-order valence-electron chi connectivity index (χ0n) is 19.3. The molecule has 10 heteroatoms. The summed E-state index contributed by atoms with van der Waals surface area (Å²) in [7, 11) is 3.04. The summed E-state index contributed by atoms with van der Waals surface area (Å²) < 4.78 is 11.7. The molecule has 1 N–H and O–H groups in total. The number of fused-ring (bicyclic) bond motifs is 1. The number of para-hydroxylation sites is 1. The quantitative estimate of drug-likeness (QED) is 0.458. The summed E-state index contributed by atoms with van der Waals surface area (Å²) in [6.45, 7) is 0. The fraction of sp³-hybridized carbons (Fsp3) is 0.192. The van der Waals surface area contributed by atoms with Gasteiger partial charge in [-0.3, -0.25) is 19.4 Å². The molecule has 0 aromatic heterocycles. The molecule has 0 radical (unpaired) electrons. The lowest BCUT2D eigenvalue weighted by molar-refractivity contribution is -0.123. The van der Waals surface area contributed by atoms with Crippen LogP contribution < -0.4 is 19.8 Å². The van der Waals surface area contributed by atoms with Crippen molar-refractivity contribution in [2.75, 3.05) is 19.1 Å². The Morgan fingerprint density at radius 3 is 2.44 bits per heavy atom. The number of ether oxygens (including phenoxy) is 2. The van der Waals surface area contributed by atoms with Crippen molar-refractivity contribution in [2.45, 2.75) is 12.1 Å². The minimum atomic E-state index is -1.10. The molecule has 3 atom stereocenters. The minimum Gasteiger partial charge on any atom is -0.497 e. The van der Waals surface area contributed by atoms with Crippen molar-refractivity contribution in [1.29, 1.82) is 0 Å². The monoisotopic (exact) mass is 569 g/mol. The maximum Gasteiger partial charge on any atom is 0.268 e. The van der Waals surface area contributed by atoms with Crippen LogP contribution in [0.25, 0.3) is 0 Å². The molecule has 2 fully saturated rings. The molecule has 0 unspecified atom stereocenters. The first kappa shape index (κ1) is 24.3. The number of nitrogens with zero attached hydrogens (tertiary/aromatic N) is 2. The average molecular weight is 571 g/mol. The van der Waals surface area contributed by atoms with Crippen molar-refractivity contribution in [3.8, 4) is 11.5 Å². The van der Waals surface area contributed by atoms with Gasteiger partial charge in [-0.2, -0.15) is 0 Å². The van der Waals surface area contributed by atoms with Crippen LogP contribution in [0.3, 0.4) is 0 Å². The van der Waals surface area contributed by atoms with Crippen LogP contribution in [0.5, 0.6) is 11.5 Å². The molecule has 2 aliphatic rings. The van der Waals surface area contributed by atoms with Crippen LogP contribution in [0, 0.1) is 5.92 Å². The summed E-state index contributed by atoms with van der Waals surface area (Å²) in [4.78, 5) is 42.3. The number of rotatable bonds is 5. The molecule has 2 heterocycles. The number of imide groups is 1. The van der Waals surface area contributed by atoms with Crippen molar-refractivity contribution >= 4 is 50.9 Å². The molecular formula is C26H21BrClN3O5. The van der Waals surface area contributed by atoms with Crippen LogP contribution in [0.1, 0.15) is 22.0 Å². The lowest BCUT2D eigenvalue weighted by Gasteiger charge is -2.26. The standard InChI is InChI=1S/C26H21BrClN3O5/c1-35-16-10-11-20(36-2)17(13-16)22-21-23(31(29-22)24(32)14-6-5-7-15(27)12-14)26(34)30(25(21)33)19-9-4-3-8-18(19)28/h3-13,21-23,29H,1-2H3/t21-,22+,23-/m1/s1. The van der Waals surface area contributed by atoms with Crippen LogP contribution in [0.2, 0.25) is 5.02 Å². The van der Waals surface area contributed by atoms with Gasteiger partial charge in [0.25, 0.3) is 11.8 Å². The van der Waals surface area contributed by atoms with E-state index in [1.807, 2.05) is 0 Å². The van der Waals surface area contributed by atoms with Crippen LogP contribution in [-0.2, 0) is 9.59 Å². The van der Waals surface area contributed by atoms with Gasteiger partial charge in [0.05, 0.1) is 36.9 Å². The molecule has 3 aromatic carbocycles. The Hall–Kier alpha value is -3.40. The Kier molecular flexibility index (Phi) is 6.46. The molecule has 8 nitrogen and oxygen atoms in total. The third-order valence-electron chi connectivity index (χ3n) is 6.39. The molecule has 36 heavy (non-hydrogen) atoms. The van der Waals surface area contributed by atoms with Gasteiger partial charge in [-0.1, -0.05) is 45.7 Å². The molecule has 3 aromatic rings. The second-order valence-electron chi connectivity index (χ2n) is 8.33. The van der Waals surface area contributed by atoms with E-state index in [1.54, 1.807) is 66.7 Å². The van der Waals surface area contributed by atoms with Crippen LogP contribution in [0.15, 0.2) is 71.2 Å². The number of carbonyl (C=O) groups is 3. The van der Waals surface area contributed by atoms with E-state index in [2.05, 4.69) is 21.4 Å². The van der Waals surface area contributed by atoms with E-state index in [0.717, 1.165) is 4.90 Å². The minimum absolute atomic E-state index is 0.257.